The molecule has 1 aromatic heterocycles. The fourth-order valence-corrected chi connectivity index (χ4v) is 7.98. The second-order valence-corrected chi connectivity index (χ2v) is 14.5. The van der Waals surface area contributed by atoms with E-state index < -0.39 is 16.1 Å². The van der Waals surface area contributed by atoms with Crippen molar-refractivity contribution in [1.82, 2.24) is 23.4 Å². The largest absolute Gasteiger partial charge is 0.497 e. The number of methoxy groups -OCH3 is 1. The fraction of sp³-hybridized carbons (Fsp3) is 0.515. The van der Waals surface area contributed by atoms with Gasteiger partial charge in [-0.1, -0.05) is 25.3 Å². The van der Waals surface area contributed by atoms with Crippen LogP contribution in [0.15, 0.2) is 36.4 Å². The summed E-state index contributed by atoms with van der Waals surface area (Å²) >= 11 is 0. The van der Waals surface area contributed by atoms with Crippen molar-refractivity contribution < 1.29 is 22.7 Å². The van der Waals surface area contributed by atoms with Crippen LogP contribution in [0.3, 0.4) is 0 Å². The lowest BCUT2D eigenvalue weighted by molar-refractivity contribution is -0.134. The third-order valence-corrected chi connectivity index (χ3v) is 11.2. The van der Waals surface area contributed by atoms with Gasteiger partial charge in [-0.2, -0.15) is 12.7 Å². The van der Waals surface area contributed by atoms with Crippen LogP contribution in [0.25, 0.3) is 22.2 Å². The maximum atomic E-state index is 14.1. The molecule has 2 aliphatic heterocycles. The lowest BCUT2D eigenvalue weighted by Gasteiger charge is -2.27. The van der Waals surface area contributed by atoms with E-state index in [-0.39, 0.29) is 23.9 Å². The van der Waals surface area contributed by atoms with E-state index in [2.05, 4.69) is 21.4 Å². The second kappa shape index (κ2) is 12.2. The average molecular weight is 622 g/mol. The van der Waals surface area contributed by atoms with E-state index >= 15 is 0 Å². The number of hydrogen-bond donors (Lipinski definition) is 1. The third kappa shape index (κ3) is 5.73. The SMILES string of the molecule is COc1ccc2c(c1)C[C@@H]1Cn3c-2c(C2CCCCC2)c2ccc(cc23)C(=O)NS(=O)(=O)N(C)CCN(C)CCN(C)C1=O. The number of aromatic nitrogens is 1. The molecular formula is C33H43N5O5S. The zero-order valence-electron chi connectivity index (χ0n) is 26.1. The molecule has 0 unspecified atom stereocenters. The molecule has 236 valence electrons. The van der Waals surface area contributed by atoms with Crippen molar-refractivity contribution in [2.45, 2.75) is 51.0 Å². The van der Waals surface area contributed by atoms with Crippen LogP contribution in [0.2, 0.25) is 0 Å². The molecule has 1 aliphatic carbocycles. The Bertz CT molecular complexity index is 1690. The summed E-state index contributed by atoms with van der Waals surface area (Å²) in [4.78, 5) is 31.4. The van der Waals surface area contributed by atoms with Gasteiger partial charge in [-0.15, -0.1) is 0 Å². The van der Waals surface area contributed by atoms with Crippen LogP contribution in [-0.2, 0) is 28.0 Å². The summed E-state index contributed by atoms with van der Waals surface area (Å²) in [6.45, 7) is 2.22. The van der Waals surface area contributed by atoms with Crippen molar-refractivity contribution in [1.29, 1.82) is 0 Å². The van der Waals surface area contributed by atoms with Crippen molar-refractivity contribution >= 4 is 32.9 Å². The van der Waals surface area contributed by atoms with Crippen molar-refractivity contribution in [3.63, 3.8) is 0 Å². The molecule has 1 saturated carbocycles. The highest BCUT2D eigenvalue weighted by molar-refractivity contribution is 7.87. The highest BCUT2D eigenvalue weighted by Crippen LogP contribution is 2.47. The van der Waals surface area contributed by atoms with Crippen molar-refractivity contribution in [2.75, 3.05) is 54.4 Å². The monoisotopic (exact) mass is 621 g/mol. The van der Waals surface area contributed by atoms with Gasteiger partial charge in [-0.25, -0.2) is 4.72 Å². The molecule has 4 bridgehead atoms. The predicted molar refractivity (Wildman–Crippen MR) is 171 cm³/mol. The molecule has 2 aromatic carbocycles. The Labute approximate surface area is 260 Å². The van der Waals surface area contributed by atoms with Crippen LogP contribution in [-0.4, -0.2) is 93.3 Å². The first kappa shape index (κ1) is 30.6. The number of fused-ring (bicyclic) bond motifs is 4. The quantitative estimate of drug-likeness (QED) is 0.467. The van der Waals surface area contributed by atoms with E-state index in [0.717, 1.165) is 50.6 Å². The van der Waals surface area contributed by atoms with Crippen molar-refractivity contribution in [2.24, 2.45) is 5.92 Å². The number of likely N-dealkylation sites (N-methyl/N-ethyl adjacent to an activating group) is 3. The van der Waals surface area contributed by atoms with Crippen LogP contribution in [0.1, 0.15) is 59.5 Å². The zero-order valence-corrected chi connectivity index (χ0v) is 27.0. The topological polar surface area (TPSA) is 104 Å². The molecule has 0 radical (unpaired) electrons. The maximum absolute atomic E-state index is 14.1. The van der Waals surface area contributed by atoms with Gasteiger partial charge in [0.05, 0.1) is 18.7 Å². The first-order valence-corrected chi connectivity index (χ1v) is 17.1. The molecule has 10 nitrogen and oxygen atoms in total. The summed E-state index contributed by atoms with van der Waals surface area (Å²) < 4.78 is 37.5. The van der Waals surface area contributed by atoms with Crippen molar-refractivity contribution in [3.05, 3.63) is 53.1 Å². The van der Waals surface area contributed by atoms with Crippen LogP contribution in [0.5, 0.6) is 5.75 Å². The first-order valence-electron chi connectivity index (χ1n) is 15.6. The van der Waals surface area contributed by atoms with E-state index in [1.54, 1.807) is 18.1 Å². The smallest absolute Gasteiger partial charge is 0.303 e. The number of carbonyl (C=O) groups excluding carboxylic acids is 2. The standard InChI is InChI=1S/C33H43N5O5S/c1-35-14-16-36(2)33(40)25-18-24-19-26(43-4)11-13-27(24)31-30(22-8-6-5-7-9-22)28-12-10-23(20-29(28)38(31)21-25)32(39)34-44(41,42)37(3)17-15-35/h10-13,19-20,22,25H,5-9,14-18,21H2,1-4H3,(H,34,39)/t25-/m1/s1. The zero-order chi connectivity index (χ0) is 31.2. The van der Waals surface area contributed by atoms with Crippen molar-refractivity contribution in [3.8, 4) is 17.0 Å². The Morgan fingerprint density at radius 1 is 0.886 bits per heavy atom. The number of ether oxygens (including phenoxy) is 1. The van der Waals surface area contributed by atoms with Gasteiger partial charge in [-0.05, 0) is 73.7 Å². The number of nitrogens with zero attached hydrogens (tertiary/aromatic N) is 4. The lowest BCUT2D eigenvalue weighted by atomic mass is 9.81. The molecule has 3 heterocycles. The van der Waals surface area contributed by atoms with Gasteiger partial charge in [-0.3, -0.25) is 9.59 Å². The summed E-state index contributed by atoms with van der Waals surface area (Å²) in [6.07, 6.45) is 6.30. The molecule has 0 spiro atoms. The molecule has 1 fully saturated rings. The Morgan fingerprint density at radius 2 is 1.64 bits per heavy atom. The second-order valence-electron chi connectivity index (χ2n) is 12.7. The molecule has 1 N–H and O–H groups in total. The van der Waals surface area contributed by atoms with E-state index in [4.69, 9.17) is 4.74 Å². The Kier molecular flexibility index (Phi) is 8.47. The lowest BCUT2D eigenvalue weighted by Crippen LogP contribution is -2.45. The number of nitrogens with one attached hydrogen (secondary N) is 1. The van der Waals surface area contributed by atoms with Gasteiger partial charge in [0.1, 0.15) is 5.75 Å². The molecule has 1 atom stereocenters. The van der Waals surface area contributed by atoms with Gasteiger partial charge in [0.2, 0.25) is 5.91 Å². The minimum Gasteiger partial charge on any atom is -0.497 e. The van der Waals surface area contributed by atoms with Gasteiger partial charge in [0.15, 0.2) is 0 Å². The van der Waals surface area contributed by atoms with E-state index in [9.17, 15) is 18.0 Å². The molecule has 6 rings (SSSR count). The molecule has 3 aliphatic rings. The highest BCUT2D eigenvalue weighted by Gasteiger charge is 2.34. The Morgan fingerprint density at radius 3 is 2.39 bits per heavy atom. The Balaban J connectivity index is 1.58. The third-order valence-electron chi connectivity index (χ3n) is 9.79. The fourth-order valence-electron chi connectivity index (χ4n) is 7.15. The number of hydrogen-bond acceptors (Lipinski definition) is 6. The minimum atomic E-state index is -4.05. The summed E-state index contributed by atoms with van der Waals surface area (Å²) in [6, 6.07) is 11.7. The van der Waals surface area contributed by atoms with Crippen LogP contribution in [0, 0.1) is 5.92 Å². The highest BCUT2D eigenvalue weighted by atomic mass is 32.2. The molecule has 0 saturated heterocycles. The minimum absolute atomic E-state index is 0.0685. The van der Waals surface area contributed by atoms with Gasteiger partial charge < -0.3 is 19.1 Å². The molecule has 3 aromatic rings. The van der Waals surface area contributed by atoms with Crippen LogP contribution >= 0.6 is 0 Å². The molecule has 2 amide bonds. The molecule has 11 heteroatoms. The van der Waals surface area contributed by atoms with Crippen LogP contribution in [0.4, 0.5) is 0 Å². The summed E-state index contributed by atoms with van der Waals surface area (Å²) in [7, 11) is 2.83. The maximum Gasteiger partial charge on any atom is 0.303 e. The average Bonchev–Trinajstić information content (AvgIpc) is 3.23. The normalized spacial score (nSPS) is 22.5. The van der Waals surface area contributed by atoms with Gasteiger partial charge in [0.25, 0.3) is 5.91 Å². The predicted octanol–water partition coefficient (Wildman–Crippen LogP) is 3.85. The summed E-state index contributed by atoms with van der Waals surface area (Å²) in [5.41, 5.74) is 5.66. The van der Waals surface area contributed by atoms with E-state index in [1.807, 2.05) is 37.2 Å². The number of rotatable bonds is 2. The molecule has 44 heavy (non-hydrogen) atoms. The first-order chi connectivity index (χ1) is 21.1. The van der Waals surface area contributed by atoms with Gasteiger partial charge >= 0.3 is 10.2 Å². The Hall–Kier alpha value is -3.41. The summed E-state index contributed by atoms with van der Waals surface area (Å²) in [5.74, 6) is 0.186. The number of carbonyl (C=O) groups is 2. The van der Waals surface area contributed by atoms with Gasteiger partial charge in [0, 0.05) is 68.8 Å². The number of benzene rings is 2. The van der Waals surface area contributed by atoms with Crippen LogP contribution < -0.4 is 9.46 Å². The molecular weight excluding hydrogens is 578 g/mol. The van der Waals surface area contributed by atoms with E-state index in [1.165, 1.54) is 31.9 Å². The van der Waals surface area contributed by atoms with E-state index in [0.29, 0.717) is 38.5 Å². The summed E-state index contributed by atoms with van der Waals surface area (Å²) in [5, 5.41) is 1.06. The number of amides is 2.